The Morgan fingerprint density at radius 2 is 1.74 bits per heavy atom. The molecule has 0 bridgehead atoms. The van der Waals surface area contributed by atoms with E-state index in [0.29, 0.717) is 17.1 Å². The lowest BCUT2D eigenvalue weighted by molar-refractivity contribution is -0.122. The zero-order valence-electron chi connectivity index (χ0n) is 19.0. The first-order valence-electron chi connectivity index (χ1n) is 10.6. The van der Waals surface area contributed by atoms with Crippen LogP contribution in [0.3, 0.4) is 0 Å². The van der Waals surface area contributed by atoms with Gasteiger partial charge in [-0.15, -0.1) is 11.6 Å². The molecule has 3 unspecified atom stereocenters. The highest BCUT2D eigenvalue weighted by atomic mass is 35.5. The van der Waals surface area contributed by atoms with Gasteiger partial charge >= 0.3 is 0 Å². The summed E-state index contributed by atoms with van der Waals surface area (Å²) in [6.45, 7) is 0.272. The molecule has 4 rings (SSSR count). The number of methoxy groups -OCH3 is 3. The number of benzene rings is 2. The lowest BCUT2D eigenvalue weighted by Gasteiger charge is -2.42. The van der Waals surface area contributed by atoms with Crippen molar-refractivity contribution in [3.05, 3.63) is 41.0 Å². The summed E-state index contributed by atoms with van der Waals surface area (Å²) in [4.78, 5) is 24.9. The van der Waals surface area contributed by atoms with E-state index in [0.717, 1.165) is 17.4 Å². The van der Waals surface area contributed by atoms with Crippen molar-refractivity contribution < 1.29 is 38.4 Å². The molecule has 1 aliphatic carbocycles. The molecule has 0 saturated heterocycles. The highest BCUT2D eigenvalue weighted by Gasteiger charge is 2.45. The van der Waals surface area contributed by atoms with Gasteiger partial charge in [-0.05, 0) is 41.0 Å². The van der Waals surface area contributed by atoms with Crippen LogP contribution < -0.4 is 24.3 Å². The van der Waals surface area contributed by atoms with E-state index in [2.05, 4.69) is 5.32 Å². The van der Waals surface area contributed by atoms with Gasteiger partial charge in [-0.1, -0.05) is 0 Å². The Morgan fingerprint density at radius 1 is 1.12 bits per heavy atom. The summed E-state index contributed by atoms with van der Waals surface area (Å²) in [5.74, 6) is -0.726. The van der Waals surface area contributed by atoms with E-state index in [1.54, 1.807) is 19.2 Å². The number of carbonyl (C=O) groups excluding carboxylic acids is 2. The molecule has 2 aromatic rings. The fourth-order valence-electron chi connectivity index (χ4n) is 4.89. The van der Waals surface area contributed by atoms with Crippen molar-refractivity contribution in [1.29, 1.82) is 0 Å². The van der Waals surface area contributed by atoms with Gasteiger partial charge in [0.2, 0.25) is 18.4 Å². The highest BCUT2D eigenvalue weighted by Crippen LogP contribution is 2.53. The Balaban J connectivity index is 1.97. The molecule has 0 fully saturated rings. The average Bonchev–Trinajstić information content (AvgIpc) is 3.31. The number of amides is 1. The van der Waals surface area contributed by atoms with Gasteiger partial charge in [-0.2, -0.15) is 0 Å². The van der Waals surface area contributed by atoms with Crippen LogP contribution in [-0.4, -0.2) is 57.9 Å². The molecule has 2 aliphatic rings. The number of phenolic OH excluding ortho intramolecular Hbond substituents is 1. The zero-order chi connectivity index (χ0) is 24.4. The SMILES string of the molecule is COCC1C(NC(=O)CCl)c2cc3c(cc2C(c2cc(OC)c(O)c(OC)c2)[C@H]1C=O)OCO3. The van der Waals surface area contributed by atoms with E-state index in [-0.39, 0.29) is 42.4 Å². The minimum absolute atomic E-state index is 0.0705. The smallest absolute Gasteiger partial charge is 0.235 e. The second-order valence-corrected chi connectivity index (χ2v) is 8.36. The minimum Gasteiger partial charge on any atom is -0.502 e. The molecule has 2 aromatic carbocycles. The number of hydrogen-bond donors (Lipinski definition) is 2. The maximum absolute atomic E-state index is 12.6. The van der Waals surface area contributed by atoms with Crippen LogP contribution in [0.1, 0.15) is 28.7 Å². The van der Waals surface area contributed by atoms with Crippen LogP contribution in [0.2, 0.25) is 0 Å². The summed E-state index contributed by atoms with van der Waals surface area (Å²) in [6, 6.07) is 6.45. The van der Waals surface area contributed by atoms with Crippen molar-refractivity contribution in [2.75, 3.05) is 40.6 Å². The monoisotopic (exact) mass is 491 g/mol. The first-order valence-corrected chi connectivity index (χ1v) is 11.2. The number of aldehydes is 1. The number of aromatic hydroxyl groups is 1. The van der Waals surface area contributed by atoms with Gasteiger partial charge in [0.25, 0.3) is 0 Å². The molecular formula is C24H26ClNO8. The van der Waals surface area contributed by atoms with Crippen LogP contribution in [-0.2, 0) is 14.3 Å². The fraction of sp³-hybridized carbons (Fsp3) is 0.417. The third-order valence-corrected chi connectivity index (χ3v) is 6.61. The van der Waals surface area contributed by atoms with Gasteiger partial charge in [-0.25, -0.2) is 0 Å². The van der Waals surface area contributed by atoms with Crippen molar-refractivity contribution in [2.24, 2.45) is 11.8 Å². The van der Waals surface area contributed by atoms with E-state index < -0.39 is 23.8 Å². The quantitative estimate of drug-likeness (QED) is 0.428. The fourth-order valence-corrected chi connectivity index (χ4v) is 4.97. The Kier molecular flexibility index (Phi) is 7.04. The third-order valence-electron chi connectivity index (χ3n) is 6.37. The normalized spacial score (nSPS) is 22.6. The number of carbonyl (C=O) groups is 2. The summed E-state index contributed by atoms with van der Waals surface area (Å²) in [5, 5.41) is 13.4. The van der Waals surface area contributed by atoms with E-state index in [1.807, 2.05) is 12.1 Å². The van der Waals surface area contributed by atoms with Crippen LogP contribution in [0.4, 0.5) is 0 Å². The molecule has 0 radical (unpaired) electrons. The van der Waals surface area contributed by atoms with Gasteiger partial charge in [0.1, 0.15) is 12.2 Å². The second-order valence-electron chi connectivity index (χ2n) is 8.10. The van der Waals surface area contributed by atoms with E-state index in [1.165, 1.54) is 14.2 Å². The molecule has 0 aromatic heterocycles. The van der Waals surface area contributed by atoms with Gasteiger partial charge in [0.15, 0.2) is 23.0 Å². The van der Waals surface area contributed by atoms with Crippen molar-refractivity contribution in [2.45, 2.75) is 12.0 Å². The molecule has 10 heteroatoms. The van der Waals surface area contributed by atoms with Crippen LogP contribution in [0.5, 0.6) is 28.7 Å². The van der Waals surface area contributed by atoms with Gasteiger partial charge in [0.05, 0.1) is 26.9 Å². The summed E-state index contributed by atoms with van der Waals surface area (Å²) in [7, 11) is 4.42. The molecular weight excluding hydrogens is 466 g/mol. The molecule has 0 saturated carbocycles. The largest absolute Gasteiger partial charge is 0.502 e. The first-order chi connectivity index (χ1) is 16.5. The molecule has 4 atom stereocenters. The lowest BCUT2D eigenvalue weighted by atomic mass is 9.64. The van der Waals surface area contributed by atoms with Crippen LogP contribution in [0, 0.1) is 11.8 Å². The van der Waals surface area contributed by atoms with Crippen LogP contribution in [0.15, 0.2) is 24.3 Å². The predicted octanol–water partition coefficient (Wildman–Crippen LogP) is 2.76. The lowest BCUT2D eigenvalue weighted by Crippen LogP contribution is -2.45. The number of phenols is 1. The van der Waals surface area contributed by atoms with Gasteiger partial charge in [0, 0.05) is 24.9 Å². The summed E-state index contributed by atoms with van der Waals surface area (Å²) >= 11 is 5.78. The number of hydrogen-bond acceptors (Lipinski definition) is 8. The first kappa shape index (κ1) is 24.0. The number of nitrogens with one attached hydrogen (secondary N) is 1. The van der Waals surface area contributed by atoms with E-state index in [4.69, 9.17) is 35.3 Å². The maximum atomic E-state index is 12.6. The number of alkyl halides is 1. The number of fused-ring (bicyclic) bond motifs is 2. The van der Waals surface area contributed by atoms with Crippen molar-refractivity contribution in [3.63, 3.8) is 0 Å². The average molecular weight is 492 g/mol. The van der Waals surface area contributed by atoms with Gasteiger partial charge in [-0.3, -0.25) is 4.79 Å². The topological polar surface area (TPSA) is 113 Å². The molecule has 34 heavy (non-hydrogen) atoms. The zero-order valence-corrected chi connectivity index (χ0v) is 19.8. The molecule has 2 N–H and O–H groups in total. The molecule has 182 valence electrons. The van der Waals surface area contributed by atoms with E-state index >= 15 is 0 Å². The van der Waals surface area contributed by atoms with Gasteiger partial charge < -0.3 is 38.9 Å². The Bertz CT molecular complexity index is 1070. The molecule has 1 aliphatic heterocycles. The molecule has 0 spiro atoms. The van der Waals surface area contributed by atoms with Crippen LogP contribution in [0.25, 0.3) is 0 Å². The van der Waals surface area contributed by atoms with Crippen molar-refractivity contribution >= 4 is 23.8 Å². The van der Waals surface area contributed by atoms with Crippen molar-refractivity contribution in [3.8, 4) is 28.7 Å². The minimum atomic E-state index is -0.604. The number of ether oxygens (including phenoxy) is 5. The summed E-state index contributed by atoms with van der Waals surface area (Å²) in [5.41, 5.74) is 2.22. The maximum Gasteiger partial charge on any atom is 0.235 e. The molecule has 9 nitrogen and oxygen atoms in total. The number of rotatable bonds is 8. The summed E-state index contributed by atoms with van der Waals surface area (Å²) < 4.78 is 27.4. The van der Waals surface area contributed by atoms with E-state index in [9.17, 15) is 14.7 Å². The molecule has 1 heterocycles. The Labute approximate surface area is 201 Å². The molecule has 1 amide bonds. The Morgan fingerprint density at radius 3 is 2.26 bits per heavy atom. The van der Waals surface area contributed by atoms with Crippen LogP contribution >= 0.6 is 11.6 Å². The highest BCUT2D eigenvalue weighted by molar-refractivity contribution is 6.27. The Hall–Kier alpha value is -3.17. The third kappa shape index (κ3) is 4.10. The predicted molar refractivity (Wildman–Crippen MR) is 122 cm³/mol. The second kappa shape index (κ2) is 9.99. The number of halogens is 1. The van der Waals surface area contributed by atoms with Crippen molar-refractivity contribution in [1.82, 2.24) is 5.32 Å². The standard InChI is InChI=1S/C24H26ClNO8/c1-30-10-16-15(9-27)22(12-4-19(31-2)24(29)20(5-12)32-3)13-6-17-18(34-11-33-17)7-14(13)23(16)26-21(28)8-25/h4-7,9,15-16,22-23,29H,8,10-11H2,1-3H3,(H,26,28)/t15-,16?,22?,23?/m0/s1. The summed E-state index contributed by atoms with van der Waals surface area (Å²) in [6.07, 6.45) is 0.869.